The van der Waals surface area contributed by atoms with Gasteiger partial charge in [0.05, 0.1) is 0 Å². The van der Waals surface area contributed by atoms with Crippen LogP contribution in [-0.4, -0.2) is 23.9 Å². The number of carbonyl (C=O) groups is 1. The number of carbonyl (C=O) groups excluding carboxylic acids is 1. The lowest BCUT2D eigenvalue weighted by Gasteiger charge is -2.34. The molecule has 2 rings (SSSR count). The van der Waals surface area contributed by atoms with Crippen molar-refractivity contribution in [3.63, 3.8) is 0 Å². The highest BCUT2D eigenvalue weighted by atomic mass is 35.5. The molecule has 1 fully saturated rings. The van der Waals surface area contributed by atoms with Crippen LogP contribution in [0, 0.1) is 11.8 Å². The maximum absolute atomic E-state index is 12.8. The van der Waals surface area contributed by atoms with E-state index in [9.17, 15) is 4.79 Å². The smallest absolute Gasteiger partial charge is 0.226 e. The summed E-state index contributed by atoms with van der Waals surface area (Å²) in [6.07, 6.45) is 4.40. The summed E-state index contributed by atoms with van der Waals surface area (Å²) in [6, 6.07) is 7.73. The van der Waals surface area contributed by atoms with Crippen molar-refractivity contribution in [2.45, 2.75) is 39.2 Å². The molecule has 0 aliphatic heterocycles. The van der Waals surface area contributed by atoms with Gasteiger partial charge in [-0.15, -0.1) is 0 Å². The van der Waals surface area contributed by atoms with E-state index >= 15 is 0 Å². The minimum atomic E-state index is 0.0999. The maximum atomic E-state index is 12.8. The van der Waals surface area contributed by atoms with Crippen molar-refractivity contribution in [2.24, 2.45) is 17.6 Å². The third kappa shape index (κ3) is 4.21. The Kier molecular flexibility index (Phi) is 6.07. The predicted molar refractivity (Wildman–Crippen MR) is 87.0 cm³/mol. The number of benzene rings is 1. The molecule has 1 amide bonds. The molecule has 1 saturated carbocycles. The summed E-state index contributed by atoms with van der Waals surface area (Å²) in [5, 5.41) is 0.716. The van der Waals surface area contributed by atoms with Gasteiger partial charge in [-0.05, 0) is 49.9 Å². The zero-order chi connectivity index (χ0) is 15.2. The molecule has 21 heavy (non-hydrogen) atoms. The zero-order valence-electron chi connectivity index (χ0n) is 12.7. The number of hydrogen-bond donors (Lipinski definition) is 1. The van der Waals surface area contributed by atoms with Gasteiger partial charge >= 0.3 is 0 Å². The van der Waals surface area contributed by atoms with Gasteiger partial charge < -0.3 is 10.6 Å². The number of nitrogens with zero attached hydrogens (tertiary/aromatic N) is 1. The number of amides is 1. The Labute approximate surface area is 132 Å². The molecule has 0 aromatic heterocycles. The Morgan fingerprint density at radius 2 is 2.14 bits per heavy atom. The van der Waals surface area contributed by atoms with Gasteiger partial charge in [-0.2, -0.15) is 0 Å². The van der Waals surface area contributed by atoms with Crippen molar-refractivity contribution >= 4 is 17.5 Å². The summed E-state index contributed by atoms with van der Waals surface area (Å²) in [7, 11) is 0. The first kappa shape index (κ1) is 16.3. The first-order valence-electron chi connectivity index (χ1n) is 7.89. The summed E-state index contributed by atoms with van der Waals surface area (Å²) < 4.78 is 0. The Morgan fingerprint density at radius 1 is 1.38 bits per heavy atom. The van der Waals surface area contributed by atoms with Crippen LogP contribution in [0.15, 0.2) is 24.3 Å². The summed E-state index contributed by atoms with van der Waals surface area (Å²) >= 11 is 6.03. The van der Waals surface area contributed by atoms with E-state index in [1.54, 1.807) is 0 Å². The molecule has 1 aliphatic carbocycles. The van der Waals surface area contributed by atoms with Gasteiger partial charge in [0.1, 0.15) is 0 Å². The molecule has 2 unspecified atom stereocenters. The predicted octanol–water partition coefficient (Wildman–Crippen LogP) is 3.45. The van der Waals surface area contributed by atoms with Crippen molar-refractivity contribution < 1.29 is 4.79 Å². The number of nitrogens with two attached hydrogens (primary N) is 1. The molecule has 0 spiro atoms. The topological polar surface area (TPSA) is 46.3 Å². The maximum Gasteiger partial charge on any atom is 0.226 e. The van der Waals surface area contributed by atoms with Gasteiger partial charge in [0, 0.05) is 24.0 Å². The largest absolute Gasteiger partial charge is 0.338 e. The van der Waals surface area contributed by atoms with Crippen LogP contribution in [0.4, 0.5) is 0 Å². The average Bonchev–Trinajstić information content (AvgIpc) is 2.52. The van der Waals surface area contributed by atoms with Crippen molar-refractivity contribution in [3.8, 4) is 0 Å². The first-order chi connectivity index (χ1) is 10.2. The summed E-state index contributed by atoms with van der Waals surface area (Å²) in [5.41, 5.74) is 6.94. The molecule has 0 radical (unpaired) electrons. The van der Waals surface area contributed by atoms with Gasteiger partial charge in [-0.25, -0.2) is 0 Å². The summed E-state index contributed by atoms with van der Waals surface area (Å²) in [5.74, 6) is 0.704. The lowest BCUT2D eigenvalue weighted by molar-refractivity contribution is -0.138. The molecule has 1 aromatic carbocycles. The van der Waals surface area contributed by atoms with E-state index in [-0.39, 0.29) is 11.8 Å². The van der Waals surface area contributed by atoms with Crippen LogP contribution in [0.5, 0.6) is 0 Å². The fourth-order valence-corrected chi connectivity index (χ4v) is 3.46. The molecule has 116 valence electrons. The second-order valence-electron chi connectivity index (χ2n) is 5.87. The minimum Gasteiger partial charge on any atom is -0.338 e. The molecule has 4 heteroatoms. The van der Waals surface area contributed by atoms with Crippen LogP contribution in [0.25, 0.3) is 0 Å². The lowest BCUT2D eigenvalue weighted by atomic mass is 9.78. The average molecular weight is 309 g/mol. The molecule has 2 N–H and O–H groups in total. The summed E-state index contributed by atoms with van der Waals surface area (Å²) in [4.78, 5) is 14.8. The van der Waals surface area contributed by atoms with E-state index in [1.165, 1.54) is 6.42 Å². The van der Waals surface area contributed by atoms with E-state index in [0.29, 0.717) is 24.0 Å². The molecular formula is C17H25ClN2O. The first-order valence-corrected chi connectivity index (χ1v) is 8.26. The van der Waals surface area contributed by atoms with Gasteiger partial charge in [0.25, 0.3) is 0 Å². The number of rotatable bonds is 5. The third-order valence-electron chi connectivity index (χ3n) is 4.48. The lowest BCUT2D eigenvalue weighted by Crippen LogP contribution is -2.41. The van der Waals surface area contributed by atoms with E-state index in [2.05, 4.69) is 0 Å². The van der Waals surface area contributed by atoms with E-state index in [0.717, 1.165) is 31.4 Å². The van der Waals surface area contributed by atoms with Crippen molar-refractivity contribution in [1.29, 1.82) is 0 Å². The molecule has 0 heterocycles. The number of hydrogen-bond acceptors (Lipinski definition) is 2. The van der Waals surface area contributed by atoms with Gasteiger partial charge in [-0.3, -0.25) is 4.79 Å². The van der Waals surface area contributed by atoms with Crippen molar-refractivity contribution in [2.75, 3.05) is 13.1 Å². The Bertz CT molecular complexity index is 478. The highest BCUT2D eigenvalue weighted by Gasteiger charge is 2.32. The second kappa shape index (κ2) is 7.81. The quantitative estimate of drug-likeness (QED) is 0.905. The third-order valence-corrected chi connectivity index (χ3v) is 4.72. The van der Waals surface area contributed by atoms with Crippen LogP contribution in [0.2, 0.25) is 5.02 Å². The standard InChI is InChI=1S/C17H25ClN2O/c1-2-20(12-13-6-5-8-15(18)10-13)17(21)16-9-4-3-7-14(16)11-19/h5-6,8,10,14,16H,2-4,7,9,11-12,19H2,1H3. The highest BCUT2D eigenvalue weighted by Crippen LogP contribution is 2.31. The second-order valence-corrected chi connectivity index (χ2v) is 6.31. The Morgan fingerprint density at radius 3 is 2.81 bits per heavy atom. The number of halogens is 1. The minimum absolute atomic E-state index is 0.0999. The van der Waals surface area contributed by atoms with Crippen LogP contribution in [0.1, 0.15) is 38.2 Å². The molecule has 1 aliphatic rings. The monoisotopic (exact) mass is 308 g/mol. The molecule has 2 atom stereocenters. The van der Waals surface area contributed by atoms with E-state index in [4.69, 9.17) is 17.3 Å². The molecule has 0 bridgehead atoms. The van der Waals surface area contributed by atoms with Crippen molar-refractivity contribution in [3.05, 3.63) is 34.9 Å². The normalized spacial score (nSPS) is 22.0. The van der Waals surface area contributed by atoms with Crippen LogP contribution < -0.4 is 5.73 Å². The van der Waals surface area contributed by atoms with Gasteiger partial charge in [0.15, 0.2) is 0 Å². The molecular weight excluding hydrogens is 284 g/mol. The highest BCUT2D eigenvalue weighted by molar-refractivity contribution is 6.30. The fourth-order valence-electron chi connectivity index (χ4n) is 3.25. The van der Waals surface area contributed by atoms with E-state index < -0.39 is 0 Å². The Hall–Kier alpha value is -1.06. The molecule has 0 saturated heterocycles. The molecule has 1 aromatic rings. The molecule has 3 nitrogen and oxygen atoms in total. The summed E-state index contributed by atoms with van der Waals surface area (Å²) in [6.45, 7) is 4.00. The van der Waals surface area contributed by atoms with Gasteiger partial charge in [-0.1, -0.05) is 36.6 Å². The van der Waals surface area contributed by atoms with Gasteiger partial charge in [0.2, 0.25) is 5.91 Å². The SMILES string of the molecule is CCN(Cc1cccc(Cl)c1)C(=O)C1CCCCC1CN. The van der Waals surface area contributed by atoms with Crippen molar-refractivity contribution in [1.82, 2.24) is 4.90 Å². The zero-order valence-corrected chi connectivity index (χ0v) is 13.5. The van der Waals surface area contributed by atoms with E-state index in [1.807, 2.05) is 36.1 Å². The van der Waals surface area contributed by atoms with Crippen LogP contribution in [-0.2, 0) is 11.3 Å². The Balaban J connectivity index is 2.07. The van der Waals surface area contributed by atoms with Crippen LogP contribution in [0.3, 0.4) is 0 Å². The van der Waals surface area contributed by atoms with Crippen LogP contribution >= 0.6 is 11.6 Å². The fraction of sp³-hybridized carbons (Fsp3) is 0.588.